The summed E-state index contributed by atoms with van der Waals surface area (Å²) in [5.41, 5.74) is 0.285. The van der Waals surface area contributed by atoms with Crippen LogP contribution in [0.3, 0.4) is 0 Å². The number of hydrogen-bond acceptors (Lipinski definition) is 1. The van der Waals surface area contributed by atoms with Crippen molar-refractivity contribution in [2.45, 2.75) is 90.5 Å². The Kier molecular flexibility index (Phi) is 5.74. The van der Waals surface area contributed by atoms with Gasteiger partial charge >= 0.3 is 0 Å². The molecular formula is C18H35N. The van der Waals surface area contributed by atoms with Crippen LogP contribution in [0.5, 0.6) is 0 Å². The number of hydrogen-bond donors (Lipinski definition) is 1. The highest BCUT2D eigenvalue weighted by Crippen LogP contribution is 2.38. The van der Waals surface area contributed by atoms with Crippen molar-refractivity contribution in [3.8, 4) is 0 Å². The van der Waals surface area contributed by atoms with Gasteiger partial charge in [-0.1, -0.05) is 51.4 Å². The third kappa shape index (κ3) is 5.45. The summed E-state index contributed by atoms with van der Waals surface area (Å²) in [6, 6.07) is 0. The third-order valence-corrected chi connectivity index (χ3v) is 5.32. The molecule has 0 amide bonds. The van der Waals surface area contributed by atoms with E-state index in [4.69, 9.17) is 0 Å². The Balaban J connectivity index is 1.81. The van der Waals surface area contributed by atoms with Gasteiger partial charge in [0.05, 0.1) is 0 Å². The van der Waals surface area contributed by atoms with Crippen molar-refractivity contribution in [1.29, 1.82) is 0 Å². The fourth-order valence-corrected chi connectivity index (χ4v) is 4.15. The van der Waals surface area contributed by atoms with E-state index >= 15 is 0 Å². The van der Waals surface area contributed by atoms with Crippen molar-refractivity contribution in [2.75, 3.05) is 6.54 Å². The van der Waals surface area contributed by atoms with Crippen LogP contribution in [0, 0.1) is 17.8 Å². The van der Waals surface area contributed by atoms with E-state index in [-0.39, 0.29) is 5.54 Å². The lowest BCUT2D eigenvalue weighted by molar-refractivity contribution is 0.165. The molecule has 0 aromatic carbocycles. The summed E-state index contributed by atoms with van der Waals surface area (Å²) >= 11 is 0. The normalized spacial score (nSPS) is 30.5. The minimum absolute atomic E-state index is 0.285. The Morgan fingerprint density at radius 1 is 0.789 bits per heavy atom. The highest BCUT2D eigenvalue weighted by molar-refractivity contribution is 4.82. The molecule has 2 atom stereocenters. The predicted molar refractivity (Wildman–Crippen MR) is 84.4 cm³/mol. The molecule has 1 N–H and O–H groups in total. The van der Waals surface area contributed by atoms with Crippen LogP contribution in [-0.4, -0.2) is 12.1 Å². The molecule has 0 radical (unpaired) electrons. The molecule has 1 nitrogen and oxygen atoms in total. The first-order valence-electron chi connectivity index (χ1n) is 8.79. The molecule has 0 aromatic rings. The molecule has 2 saturated carbocycles. The maximum Gasteiger partial charge on any atom is 0.00966 e. The summed E-state index contributed by atoms with van der Waals surface area (Å²) in [5.74, 6) is 3.04. The zero-order valence-corrected chi connectivity index (χ0v) is 13.5. The molecule has 2 fully saturated rings. The first-order valence-corrected chi connectivity index (χ1v) is 8.79. The molecule has 0 saturated heterocycles. The lowest BCUT2D eigenvalue weighted by Gasteiger charge is -2.37. The molecule has 2 aliphatic rings. The molecule has 2 aliphatic carbocycles. The molecule has 2 rings (SSSR count). The van der Waals surface area contributed by atoms with Crippen LogP contribution in [0.25, 0.3) is 0 Å². The lowest BCUT2D eigenvalue weighted by atomic mass is 9.72. The van der Waals surface area contributed by atoms with Crippen molar-refractivity contribution >= 4 is 0 Å². The van der Waals surface area contributed by atoms with Crippen molar-refractivity contribution in [1.82, 2.24) is 5.32 Å². The van der Waals surface area contributed by atoms with E-state index < -0.39 is 0 Å². The van der Waals surface area contributed by atoms with Crippen LogP contribution in [-0.2, 0) is 0 Å². The van der Waals surface area contributed by atoms with Gasteiger partial charge in [0.15, 0.2) is 0 Å². The summed E-state index contributed by atoms with van der Waals surface area (Å²) in [4.78, 5) is 0. The average Bonchev–Trinajstić information content (AvgIpc) is 2.38. The second-order valence-corrected chi connectivity index (χ2v) is 8.18. The second-order valence-electron chi connectivity index (χ2n) is 8.18. The topological polar surface area (TPSA) is 12.0 Å². The van der Waals surface area contributed by atoms with Crippen molar-refractivity contribution in [2.24, 2.45) is 17.8 Å². The highest BCUT2D eigenvalue weighted by atomic mass is 14.9. The van der Waals surface area contributed by atoms with E-state index in [1.807, 2.05) is 0 Å². The molecule has 112 valence electrons. The molecule has 0 aromatic heterocycles. The molecule has 1 heteroatoms. The Morgan fingerprint density at radius 2 is 1.37 bits per heavy atom. The van der Waals surface area contributed by atoms with E-state index in [2.05, 4.69) is 26.1 Å². The smallest absolute Gasteiger partial charge is 0.00966 e. The minimum atomic E-state index is 0.285. The van der Waals surface area contributed by atoms with Gasteiger partial charge in [0.1, 0.15) is 0 Å². The maximum atomic E-state index is 3.76. The zero-order chi connectivity index (χ0) is 13.7. The zero-order valence-electron chi connectivity index (χ0n) is 13.5. The first kappa shape index (κ1) is 15.4. The number of nitrogens with one attached hydrogen (secondary N) is 1. The van der Waals surface area contributed by atoms with Crippen LogP contribution in [0.15, 0.2) is 0 Å². The second kappa shape index (κ2) is 7.11. The van der Waals surface area contributed by atoms with Gasteiger partial charge < -0.3 is 5.32 Å². The highest BCUT2D eigenvalue weighted by Gasteiger charge is 2.28. The minimum Gasteiger partial charge on any atom is -0.312 e. The van der Waals surface area contributed by atoms with Crippen molar-refractivity contribution < 1.29 is 0 Å². The fraction of sp³-hybridized carbons (Fsp3) is 1.00. The average molecular weight is 265 g/mol. The monoisotopic (exact) mass is 265 g/mol. The standard InChI is InChI=1S/C18H35N/c1-18(2,3)19-14-17-12-8-7-11-16(17)13-15-9-5-4-6-10-15/h15-17,19H,4-14H2,1-3H3. The lowest BCUT2D eigenvalue weighted by Crippen LogP contribution is -2.41. The quantitative estimate of drug-likeness (QED) is 0.741. The van der Waals surface area contributed by atoms with Gasteiger partial charge in [-0.05, 0) is 57.9 Å². The summed E-state index contributed by atoms with van der Waals surface area (Å²) < 4.78 is 0. The van der Waals surface area contributed by atoms with Gasteiger partial charge in [-0.2, -0.15) is 0 Å². The van der Waals surface area contributed by atoms with E-state index in [1.54, 1.807) is 0 Å². The van der Waals surface area contributed by atoms with Gasteiger partial charge in [0.25, 0.3) is 0 Å². The summed E-state index contributed by atoms with van der Waals surface area (Å²) in [5, 5.41) is 3.76. The van der Waals surface area contributed by atoms with Gasteiger partial charge in [0, 0.05) is 5.54 Å². The van der Waals surface area contributed by atoms with Crippen LogP contribution < -0.4 is 5.32 Å². The van der Waals surface area contributed by atoms with Gasteiger partial charge in [-0.3, -0.25) is 0 Å². The SMILES string of the molecule is CC(C)(C)NCC1CCCCC1CC1CCCCC1. The largest absolute Gasteiger partial charge is 0.312 e. The summed E-state index contributed by atoms with van der Waals surface area (Å²) in [6.07, 6.45) is 15.0. The number of rotatable bonds is 4. The van der Waals surface area contributed by atoms with Crippen LogP contribution in [0.2, 0.25) is 0 Å². The van der Waals surface area contributed by atoms with Gasteiger partial charge in [0.2, 0.25) is 0 Å². The maximum absolute atomic E-state index is 3.76. The van der Waals surface area contributed by atoms with Gasteiger partial charge in [-0.25, -0.2) is 0 Å². The Hall–Kier alpha value is -0.0400. The van der Waals surface area contributed by atoms with Crippen molar-refractivity contribution in [3.63, 3.8) is 0 Å². The molecule has 19 heavy (non-hydrogen) atoms. The van der Waals surface area contributed by atoms with Crippen LogP contribution in [0.1, 0.15) is 85.0 Å². The molecule has 0 aliphatic heterocycles. The first-order chi connectivity index (χ1) is 9.04. The Bertz CT molecular complexity index is 247. The van der Waals surface area contributed by atoms with Crippen molar-refractivity contribution in [3.05, 3.63) is 0 Å². The van der Waals surface area contributed by atoms with Gasteiger partial charge in [-0.15, -0.1) is 0 Å². The third-order valence-electron chi connectivity index (χ3n) is 5.32. The predicted octanol–water partition coefficient (Wildman–Crippen LogP) is 5.15. The molecular weight excluding hydrogens is 230 g/mol. The fourth-order valence-electron chi connectivity index (χ4n) is 4.15. The van der Waals surface area contributed by atoms with Crippen LogP contribution >= 0.6 is 0 Å². The van der Waals surface area contributed by atoms with E-state index in [9.17, 15) is 0 Å². The van der Waals surface area contributed by atoms with E-state index in [0.717, 1.165) is 17.8 Å². The molecule has 2 unspecified atom stereocenters. The summed E-state index contributed by atoms with van der Waals surface area (Å²) in [6.45, 7) is 8.14. The Labute approximate surface area is 120 Å². The Morgan fingerprint density at radius 3 is 2.00 bits per heavy atom. The van der Waals surface area contributed by atoms with E-state index in [1.165, 1.54) is 70.8 Å². The van der Waals surface area contributed by atoms with Crippen LogP contribution in [0.4, 0.5) is 0 Å². The summed E-state index contributed by atoms with van der Waals surface area (Å²) in [7, 11) is 0. The molecule has 0 spiro atoms. The van der Waals surface area contributed by atoms with E-state index in [0.29, 0.717) is 0 Å². The molecule has 0 heterocycles. The molecule has 0 bridgehead atoms.